The summed E-state index contributed by atoms with van der Waals surface area (Å²) in [6, 6.07) is 8.17. The van der Waals surface area contributed by atoms with Crippen LogP contribution >= 0.6 is 15.9 Å². The molecule has 0 bridgehead atoms. The molecule has 1 fully saturated rings. The third kappa shape index (κ3) is 3.00. The number of methoxy groups -OCH3 is 1. The van der Waals surface area contributed by atoms with Gasteiger partial charge in [-0.3, -0.25) is 0 Å². The van der Waals surface area contributed by atoms with E-state index in [0.29, 0.717) is 19.1 Å². The number of nitrogens with two attached hydrogens (primary N) is 1. The monoisotopic (exact) mass is 298 g/mol. The third-order valence-electron chi connectivity index (χ3n) is 3.34. The van der Waals surface area contributed by atoms with E-state index in [-0.39, 0.29) is 5.54 Å². The van der Waals surface area contributed by atoms with Crippen molar-refractivity contribution in [3.63, 3.8) is 0 Å². The van der Waals surface area contributed by atoms with Gasteiger partial charge in [0.1, 0.15) is 0 Å². The summed E-state index contributed by atoms with van der Waals surface area (Å²) in [7, 11) is 1.73. The second kappa shape index (κ2) is 5.38. The predicted octanol–water partition coefficient (Wildman–Crippen LogP) is 2.61. The van der Waals surface area contributed by atoms with E-state index in [4.69, 9.17) is 10.5 Å². The maximum absolute atomic E-state index is 5.97. The number of nitrogens with one attached hydrogen (secondary N) is 1. The summed E-state index contributed by atoms with van der Waals surface area (Å²) >= 11 is 3.48. The van der Waals surface area contributed by atoms with Crippen LogP contribution < -0.4 is 11.1 Å². The SMILES string of the molecule is COCC(CN)(Nc1cccc(Br)c1)C1CC1. The lowest BCUT2D eigenvalue weighted by molar-refractivity contribution is 0.134. The number of anilines is 1. The standard InChI is InChI=1S/C13H19BrN2O/c1-17-9-13(8-15,10-5-6-10)16-12-4-2-3-11(14)7-12/h2-4,7,10,16H,5-6,8-9,15H2,1H3. The summed E-state index contributed by atoms with van der Waals surface area (Å²) in [6.45, 7) is 1.25. The first kappa shape index (κ1) is 12.9. The van der Waals surface area contributed by atoms with Crippen LogP contribution in [0.4, 0.5) is 5.69 Å². The molecule has 0 aliphatic heterocycles. The average molecular weight is 299 g/mol. The van der Waals surface area contributed by atoms with Gasteiger partial charge in [-0.05, 0) is 37.0 Å². The molecule has 1 aromatic carbocycles. The lowest BCUT2D eigenvalue weighted by Crippen LogP contribution is -2.51. The summed E-state index contributed by atoms with van der Waals surface area (Å²) < 4.78 is 6.42. The first-order chi connectivity index (χ1) is 8.20. The molecule has 0 amide bonds. The Morgan fingerprint density at radius 2 is 2.29 bits per heavy atom. The first-order valence-electron chi connectivity index (χ1n) is 5.93. The maximum atomic E-state index is 5.97. The Kier molecular flexibility index (Phi) is 4.07. The highest BCUT2D eigenvalue weighted by Crippen LogP contribution is 2.41. The van der Waals surface area contributed by atoms with Crippen molar-refractivity contribution in [2.24, 2.45) is 11.7 Å². The van der Waals surface area contributed by atoms with Gasteiger partial charge in [-0.15, -0.1) is 0 Å². The van der Waals surface area contributed by atoms with Crippen molar-refractivity contribution in [2.45, 2.75) is 18.4 Å². The Hall–Kier alpha value is -0.580. The van der Waals surface area contributed by atoms with E-state index in [1.54, 1.807) is 7.11 Å². The fraction of sp³-hybridized carbons (Fsp3) is 0.538. The van der Waals surface area contributed by atoms with Crippen LogP contribution in [0.5, 0.6) is 0 Å². The summed E-state index contributed by atoms with van der Waals surface area (Å²) in [4.78, 5) is 0. The van der Waals surface area contributed by atoms with Gasteiger partial charge < -0.3 is 15.8 Å². The molecule has 94 valence electrons. The van der Waals surface area contributed by atoms with Crippen molar-refractivity contribution in [2.75, 3.05) is 25.6 Å². The van der Waals surface area contributed by atoms with Gasteiger partial charge in [0.15, 0.2) is 0 Å². The first-order valence-corrected chi connectivity index (χ1v) is 6.72. The van der Waals surface area contributed by atoms with Gasteiger partial charge in [-0.1, -0.05) is 22.0 Å². The van der Waals surface area contributed by atoms with Gasteiger partial charge in [0.05, 0.1) is 12.1 Å². The Morgan fingerprint density at radius 1 is 1.53 bits per heavy atom. The molecule has 0 radical (unpaired) electrons. The van der Waals surface area contributed by atoms with Crippen LogP contribution in [-0.4, -0.2) is 25.8 Å². The van der Waals surface area contributed by atoms with Crippen molar-refractivity contribution < 1.29 is 4.74 Å². The minimum atomic E-state index is -0.116. The van der Waals surface area contributed by atoms with E-state index in [1.807, 2.05) is 12.1 Å². The molecule has 2 rings (SSSR count). The number of hydrogen-bond acceptors (Lipinski definition) is 3. The number of benzene rings is 1. The van der Waals surface area contributed by atoms with Crippen LogP contribution in [0.3, 0.4) is 0 Å². The van der Waals surface area contributed by atoms with Gasteiger partial charge in [0.25, 0.3) is 0 Å². The van der Waals surface area contributed by atoms with Crippen molar-refractivity contribution in [3.05, 3.63) is 28.7 Å². The molecule has 3 nitrogen and oxygen atoms in total. The molecular formula is C13H19BrN2O. The minimum absolute atomic E-state index is 0.116. The number of rotatable bonds is 6. The van der Waals surface area contributed by atoms with E-state index < -0.39 is 0 Å². The quantitative estimate of drug-likeness (QED) is 0.849. The molecule has 0 spiro atoms. The fourth-order valence-corrected chi connectivity index (χ4v) is 2.68. The average Bonchev–Trinajstić information content (AvgIpc) is 3.12. The van der Waals surface area contributed by atoms with Crippen molar-refractivity contribution in [1.29, 1.82) is 0 Å². The van der Waals surface area contributed by atoms with Gasteiger partial charge in [-0.25, -0.2) is 0 Å². The van der Waals surface area contributed by atoms with E-state index in [9.17, 15) is 0 Å². The second-order valence-corrected chi connectivity index (χ2v) is 5.62. The van der Waals surface area contributed by atoms with Crippen LogP contribution in [-0.2, 0) is 4.74 Å². The summed E-state index contributed by atoms with van der Waals surface area (Å²) in [5.41, 5.74) is 6.94. The van der Waals surface area contributed by atoms with Crippen LogP contribution in [0.25, 0.3) is 0 Å². The molecule has 0 heterocycles. The normalized spacial score (nSPS) is 18.8. The molecule has 1 unspecified atom stereocenters. The maximum Gasteiger partial charge on any atom is 0.0756 e. The zero-order valence-corrected chi connectivity index (χ0v) is 11.7. The highest BCUT2D eigenvalue weighted by Gasteiger charge is 2.44. The molecule has 3 N–H and O–H groups in total. The largest absolute Gasteiger partial charge is 0.382 e. The number of ether oxygens (including phenoxy) is 1. The molecule has 1 saturated carbocycles. The molecule has 1 aliphatic carbocycles. The lowest BCUT2D eigenvalue weighted by atomic mass is 9.93. The topological polar surface area (TPSA) is 47.3 Å². The van der Waals surface area contributed by atoms with E-state index in [1.165, 1.54) is 12.8 Å². The molecule has 4 heteroatoms. The van der Waals surface area contributed by atoms with Crippen LogP contribution in [0.2, 0.25) is 0 Å². The van der Waals surface area contributed by atoms with Crippen LogP contribution in [0.1, 0.15) is 12.8 Å². The second-order valence-electron chi connectivity index (χ2n) is 4.70. The highest BCUT2D eigenvalue weighted by atomic mass is 79.9. The van der Waals surface area contributed by atoms with E-state index in [2.05, 4.69) is 33.4 Å². The van der Waals surface area contributed by atoms with Crippen molar-refractivity contribution in [1.82, 2.24) is 0 Å². The van der Waals surface area contributed by atoms with E-state index >= 15 is 0 Å². The van der Waals surface area contributed by atoms with Gasteiger partial charge >= 0.3 is 0 Å². The Labute approximate surface area is 111 Å². The molecule has 0 saturated heterocycles. The lowest BCUT2D eigenvalue weighted by Gasteiger charge is -2.34. The number of halogens is 1. The number of hydrogen-bond donors (Lipinski definition) is 2. The molecule has 0 aromatic heterocycles. The smallest absolute Gasteiger partial charge is 0.0756 e. The summed E-state index contributed by atoms with van der Waals surface area (Å²) in [6.07, 6.45) is 2.48. The zero-order chi connectivity index (χ0) is 12.3. The molecule has 1 aromatic rings. The molecule has 17 heavy (non-hydrogen) atoms. The molecule has 1 atom stereocenters. The summed E-state index contributed by atoms with van der Waals surface area (Å²) in [5.74, 6) is 0.631. The molecular weight excluding hydrogens is 280 g/mol. The predicted molar refractivity (Wildman–Crippen MR) is 74.2 cm³/mol. The van der Waals surface area contributed by atoms with E-state index in [0.717, 1.165) is 10.2 Å². The van der Waals surface area contributed by atoms with Gasteiger partial charge in [0, 0.05) is 23.8 Å². The fourth-order valence-electron chi connectivity index (χ4n) is 2.28. The Morgan fingerprint density at radius 3 is 2.82 bits per heavy atom. The van der Waals surface area contributed by atoms with Crippen LogP contribution in [0, 0.1) is 5.92 Å². The zero-order valence-electron chi connectivity index (χ0n) is 10.1. The van der Waals surface area contributed by atoms with Crippen LogP contribution in [0.15, 0.2) is 28.7 Å². The minimum Gasteiger partial charge on any atom is -0.382 e. The Balaban J connectivity index is 2.16. The molecule has 1 aliphatic rings. The highest BCUT2D eigenvalue weighted by molar-refractivity contribution is 9.10. The summed E-state index contributed by atoms with van der Waals surface area (Å²) in [5, 5.41) is 3.57. The van der Waals surface area contributed by atoms with Gasteiger partial charge in [-0.2, -0.15) is 0 Å². The third-order valence-corrected chi connectivity index (χ3v) is 3.84. The van der Waals surface area contributed by atoms with Gasteiger partial charge in [0.2, 0.25) is 0 Å². The van der Waals surface area contributed by atoms with Crippen molar-refractivity contribution >= 4 is 21.6 Å². The van der Waals surface area contributed by atoms with Crippen molar-refractivity contribution in [3.8, 4) is 0 Å². The Bertz CT molecular complexity index is 381.